The molecule has 1 amide bonds. The number of primary amides is 1. The lowest BCUT2D eigenvalue weighted by molar-refractivity contribution is -0.139. The van der Waals surface area contributed by atoms with Crippen molar-refractivity contribution >= 4 is 29.2 Å². The number of carboxylic acids is 1. The summed E-state index contributed by atoms with van der Waals surface area (Å²) >= 11 is 1.54. The zero-order valence-corrected chi connectivity index (χ0v) is 12.1. The maximum absolute atomic E-state index is 11.7. The van der Waals surface area contributed by atoms with Gasteiger partial charge >= 0.3 is 5.97 Å². The SMILES string of the molecule is NC(=O)C1SCCC2=C1c1c(cccc1OCC(=O)O)C2. The third-order valence-electron chi connectivity index (χ3n) is 3.73. The monoisotopic (exact) mass is 305 g/mol. The maximum Gasteiger partial charge on any atom is 0.341 e. The first-order chi connectivity index (χ1) is 10.1. The molecule has 21 heavy (non-hydrogen) atoms. The molecule has 0 radical (unpaired) electrons. The van der Waals surface area contributed by atoms with Crippen molar-refractivity contribution in [3.05, 3.63) is 34.9 Å². The summed E-state index contributed by atoms with van der Waals surface area (Å²) < 4.78 is 5.39. The molecule has 110 valence electrons. The van der Waals surface area contributed by atoms with E-state index in [-0.39, 0.29) is 11.2 Å². The maximum atomic E-state index is 11.7. The highest BCUT2D eigenvalue weighted by atomic mass is 32.2. The second kappa shape index (κ2) is 5.44. The Bertz CT molecular complexity index is 653. The van der Waals surface area contributed by atoms with Crippen LogP contribution in [-0.4, -0.2) is 34.6 Å². The minimum Gasteiger partial charge on any atom is -0.481 e. The zero-order valence-electron chi connectivity index (χ0n) is 11.3. The highest BCUT2D eigenvalue weighted by Gasteiger charge is 2.35. The molecular formula is C15H15NO4S. The van der Waals surface area contributed by atoms with Crippen LogP contribution >= 0.6 is 11.8 Å². The largest absolute Gasteiger partial charge is 0.481 e. The number of amides is 1. The number of carbonyl (C=O) groups excluding carboxylic acids is 1. The zero-order chi connectivity index (χ0) is 15.0. The van der Waals surface area contributed by atoms with Crippen molar-refractivity contribution in [1.82, 2.24) is 0 Å². The lowest BCUT2D eigenvalue weighted by Crippen LogP contribution is -2.29. The van der Waals surface area contributed by atoms with Gasteiger partial charge in [0.15, 0.2) is 6.61 Å². The number of fused-ring (bicyclic) bond motifs is 2. The molecule has 5 nitrogen and oxygen atoms in total. The average Bonchev–Trinajstić information content (AvgIpc) is 2.83. The molecule has 3 N–H and O–H groups in total. The van der Waals surface area contributed by atoms with Crippen LogP contribution in [0.5, 0.6) is 5.75 Å². The Morgan fingerprint density at radius 3 is 2.95 bits per heavy atom. The summed E-state index contributed by atoms with van der Waals surface area (Å²) in [4.78, 5) is 22.4. The normalized spacial score (nSPS) is 19.9. The molecule has 0 spiro atoms. The average molecular weight is 305 g/mol. The molecule has 6 heteroatoms. The van der Waals surface area contributed by atoms with Gasteiger partial charge < -0.3 is 15.6 Å². The number of thioether (sulfide) groups is 1. The van der Waals surface area contributed by atoms with E-state index < -0.39 is 12.6 Å². The van der Waals surface area contributed by atoms with Gasteiger partial charge in [-0.15, -0.1) is 11.8 Å². The molecule has 1 atom stereocenters. The molecule has 1 aliphatic carbocycles. The van der Waals surface area contributed by atoms with Crippen molar-refractivity contribution in [2.75, 3.05) is 12.4 Å². The Labute approximate surface area is 126 Å². The van der Waals surface area contributed by atoms with E-state index in [0.717, 1.165) is 35.3 Å². The molecular weight excluding hydrogens is 290 g/mol. The Morgan fingerprint density at radius 2 is 2.24 bits per heavy atom. The van der Waals surface area contributed by atoms with Crippen molar-refractivity contribution in [3.8, 4) is 5.75 Å². The predicted octanol–water partition coefficient (Wildman–Crippen LogP) is 1.45. The van der Waals surface area contributed by atoms with E-state index in [0.29, 0.717) is 5.75 Å². The molecule has 0 saturated carbocycles. The van der Waals surface area contributed by atoms with Gasteiger partial charge in [-0.2, -0.15) is 0 Å². The van der Waals surface area contributed by atoms with E-state index in [1.807, 2.05) is 12.1 Å². The van der Waals surface area contributed by atoms with Gasteiger partial charge in [0.05, 0.1) is 0 Å². The molecule has 1 heterocycles. The minimum atomic E-state index is -1.02. The fourth-order valence-electron chi connectivity index (χ4n) is 2.94. The molecule has 0 aromatic heterocycles. The van der Waals surface area contributed by atoms with Crippen molar-refractivity contribution in [2.45, 2.75) is 18.1 Å². The van der Waals surface area contributed by atoms with Gasteiger partial charge in [0.25, 0.3) is 0 Å². The summed E-state index contributed by atoms with van der Waals surface area (Å²) in [5.41, 5.74) is 9.63. The number of hydrogen-bond donors (Lipinski definition) is 2. The van der Waals surface area contributed by atoms with Crippen LogP contribution in [0.1, 0.15) is 17.5 Å². The lowest BCUT2D eigenvalue weighted by Gasteiger charge is -2.23. The van der Waals surface area contributed by atoms with Crippen LogP contribution in [-0.2, 0) is 16.0 Å². The first kappa shape index (κ1) is 14.0. The van der Waals surface area contributed by atoms with Crippen LogP contribution in [0, 0.1) is 0 Å². The van der Waals surface area contributed by atoms with Crippen molar-refractivity contribution in [1.29, 1.82) is 0 Å². The summed E-state index contributed by atoms with van der Waals surface area (Å²) in [6.07, 6.45) is 1.72. The quantitative estimate of drug-likeness (QED) is 0.879. The molecule has 1 unspecified atom stereocenters. The molecule has 0 saturated heterocycles. The molecule has 3 rings (SSSR count). The third kappa shape index (κ3) is 2.51. The van der Waals surface area contributed by atoms with Crippen LogP contribution in [0.25, 0.3) is 5.57 Å². The molecule has 0 fully saturated rings. The number of carboxylic acid groups (broad SMARTS) is 1. The van der Waals surface area contributed by atoms with Gasteiger partial charge in [0.1, 0.15) is 11.0 Å². The molecule has 2 aliphatic rings. The van der Waals surface area contributed by atoms with E-state index in [4.69, 9.17) is 15.6 Å². The molecule has 1 aromatic rings. The van der Waals surface area contributed by atoms with E-state index in [9.17, 15) is 9.59 Å². The fraction of sp³-hybridized carbons (Fsp3) is 0.333. The topological polar surface area (TPSA) is 89.6 Å². The Balaban J connectivity index is 2.03. The lowest BCUT2D eigenvalue weighted by atomic mass is 9.99. The Hall–Kier alpha value is -1.95. The van der Waals surface area contributed by atoms with Crippen LogP contribution in [0.15, 0.2) is 23.8 Å². The number of carbonyl (C=O) groups is 2. The third-order valence-corrected chi connectivity index (χ3v) is 4.97. The first-order valence-corrected chi connectivity index (χ1v) is 7.72. The summed E-state index contributed by atoms with van der Waals surface area (Å²) in [6.45, 7) is -0.395. The number of nitrogens with two attached hydrogens (primary N) is 1. The van der Waals surface area contributed by atoms with Gasteiger partial charge in [-0.3, -0.25) is 4.79 Å². The molecule has 0 bridgehead atoms. The van der Waals surface area contributed by atoms with Crippen molar-refractivity contribution in [2.24, 2.45) is 5.73 Å². The molecule has 1 aliphatic heterocycles. The number of ether oxygens (including phenoxy) is 1. The highest BCUT2D eigenvalue weighted by molar-refractivity contribution is 8.01. The number of allylic oxidation sites excluding steroid dienone is 1. The number of hydrogen-bond acceptors (Lipinski definition) is 4. The van der Waals surface area contributed by atoms with Crippen LogP contribution in [0.4, 0.5) is 0 Å². The number of rotatable bonds is 4. The van der Waals surface area contributed by atoms with E-state index in [2.05, 4.69) is 0 Å². The van der Waals surface area contributed by atoms with E-state index in [1.165, 1.54) is 5.57 Å². The Morgan fingerprint density at radius 1 is 1.43 bits per heavy atom. The minimum absolute atomic E-state index is 0.354. The van der Waals surface area contributed by atoms with Crippen LogP contribution in [0.3, 0.4) is 0 Å². The first-order valence-electron chi connectivity index (χ1n) is 6.67. The predicted molar refractivity (Wildman–Crippen MR) is 80.3 cm³/mol. The molecule has 1 aromatic carbocycles. The van der Waals surface area contributed by atoms with E-state index >= 15 is 0 Å². The van der Waals surface area contributed by atoms with Gasteiger partial charge in [-0.05, 0) is 35.8 Å². The Kier molecular flexibility index (Phi) is 3.63. The van der Waals surface area contributed by atoms with E-state index in [1.54, 1.807) is 17.8 Å². The van der Waals surface area contributed by atoms with Gasteiger partial charge in [-0.1, -0.05) is 17.7 Å². The van der Waals surface area contributed by atoms with Crippen molar-refractivity contribution in [3.63, 3.8) is 0 Å². The van der Waals surface area contributed by atoms with Crippen molar-refractivity contribution < 1.29 is 19.4 Å². The van der Waals surface area contributed by atoms with Gasteiger partial charge in [0, 0.05) is 5.56 Å². The highest BCUT2D eigenvalue weighted by Crippen LogP contribution is 2.47. The second-order valence-corrected chi connectivity index (χ2v) is 6.28. The second-order valence-electron chi connectivity index (χ2n) is 5.07. The summed E-state index contributed by atoms with van der Waals surface area (Å²) in [7, 11) is 0. The summed E-state index contributed by atoms with van der Waals surface area (Å²) in [6, 6.07) is 5.58. The number of aliphatic carboxylic acids is 1. The van der Waals surface area contributed by atoms with Crippen LogP contribution in [0.2, 0.25) is 0 Å². The van der Waals surface area contributed by atoms with Gasteiger partial charge in [-0.25, -0.2) is 4.79 Å². The fourth-order valence-corrected chi connectivity index (χ4v) is 4.15. The smallest absolute Gasteiger partial charge is 0.341 e. The summed E-state index contributed by atoms with van der Waals surface area (Å²) in [5, 5.41) is 8.41. The number of benzene rings is 1. The van der Waals surface area contributed by atoms with Gasteiger partial charge in [0.2, 0.25) is 5.91 Å². The van der Waals surface area contributed by atoms with Crippen LogP contribution < -0.4 is 10.5 Å². The summed E-state index contributed by atoms with van der Waals surface area (Å²) in [5.74, 6) is 0.0252. The standard InChI is InChI=1S/C15H15NO4S/c16-15(19)14-13-9(4-5-21-14)6-8-2-1-3-10(12(8)13)20-7-11(17)18/h1-3,14H,4-7H2,(H2,16,19)(H,17,18).